The van der Waals surface area contributed by atoms with Gasteiger partial charge in [-0.1, -0.05) is 28.9 Å². The summed E-state index contributed by atoms with van der Waals surface area (Å²) in [6.45, 7) is 0.336. The van der Waals surface area contributed by atoms with Crippen molar-refractivity contribution in [3.63, 3.8) is 0 Å². The molecule has 3 N–H and O–H groups in total. The highest BCUT2D eigenvalue weighted by atomic mass is 35.5. The molecule has 2 amide bonds. The Bertz CT molecular complexity index is 1080. The minimum absolute atomic E-state index is 0.0966. The van der Waals surface area contributed by atoms with E-state index in [1.54, 1.807) is 53.3 Å². The van der Waals surface area contributed by atoms with Gasteiger partial charge in [0.05, 0.1) is 24.9 Å². The fourth-order valence-electron chi connectivity index (χ4n) is 3.85. The van der Waals surface area contributed by atoms with Crippen molar-refractivity contribution in [2.24, 2.45) is 0 Å². The number of aryl methyl sites for hydroxylation is 1. The van der Waals surface area contributed by atoms with Crippen LogP contribution in [-0.2, 0) is 11.3 Å². The number of rotatable bonds is 7. The SMILES string of the molecule is O=C(Nc1ccc(Cl)cc1)N[C@H]1CC[C@H](CCn2cc(-c3ccccc3F)nn2)O[C@@H]1CO. The van der Waals surface area contributed by atoms with Gasteiger partial charge in [0.2, 0.25) is 0 Å². The third kappa shape index (κ3) is 6.07. The van der Waals surface area contributed by atoms with Crippen LogP contribution >= 0.6 is 11.6 Å². The first-order valence-corrected chi connectivity index (χ1v) is 11.1. The lowest BCUT2D eigenvalue weighted by Gasteiger charge is -2.36. The quantitative estimate of drug-likeness (QED) is 0.483. The van der Waals surface area contributed by atoms with E-state index in [0.717, 1.165) is 6.42 Å². The Hall–Kier alpha value is -3.01. The molecule has 8 nitrogen and oxygen atoms in total. The highest BCUT2D eigenvalue weighted by molar-refractivity contribution is 6.30. The standard InChI is InChI=1S/C23H25ClFN5O3/c24-15-5-7-16(8-6-15)26-23(32)27-20-10-9-17(33-22(20)14-31)11-12-30-13-21(28-29-30)18-3-1-2-4-19(18)25/h1-8,13,17,20,22,31H,9-12,14H2,(H2,26,27,32)/t17-,20+,22-/m1/s1. The predicted octanol–water partition coefficient (Wildman–Crippen LogP) is 3.86. The van der Waals surface area contributed by atoms with E-state index in [2.05, 4.69) is 20.9 Å². The molecule has 3 atom stereocenters. The molecule has 1 saturated heterocycles. The number of nitrogens with zero attached hydrogens (tertiary/aromatic N) is 3. The second kappa shape index (κ2) is 10.7. The molecule has 3 aromatic rings. The molecule has 1 aliphatic rings. The van der Waals surface area contributed by atoms with Gasteiger partial charge in [0, 0.05) is 22.8 Å². The molecule has 0 aliphatic carbocycles. The number of urea groups is 1. The van der Waals surface area contributed by atoms with Crippen molar-refractivity contribution < 1.29 is 19.0 Å². The Balaban J connectivity index is 1.27. The number of anilines is 1. The van der Waals surface area contributed by atoms with Crippen LogP contribution in [0.25, 0.3) is 11.3 Å². The lowest BCUT2D eigenvalue weighted by molar-refractivity contribution is -0.0905. The first-order chi connectivity index (χ1) is 16.0. The number of carbonyl (C=O) groups is 1. The van der Waals surface area contributed by atoms with Crippen LogP contribution in [0.4, 0.5) is 14.9 Å². The van der Waals surface area contributed by atoms with Crippen LogP contribution in [0.5, 0.6) is 0 Å². The lowest BCUT2D eigenvalue weighted by Crippen LogP contribution is -2.52. The Labute approximate surface area is 195 Å². The van der Waals surface area contributed by atoms with Gasteiger partial charge in [0.15, 0.2) is 0 Å². The van der Waals surface area contributed by atoms with E-state index in [4.69, 9.17) is 16.3 Å². The number of halogens is 2. The third-order valence-electron chi connectivity index (χ3n) is 5.58. The monoisotopic (exact) mass is 473 g/mol. The molecule has 33 heavy (non-hydrogen) atoms. The van der Waals surface area contributed by atoms with Crippen molar-refractivity contribution in [1.29, 1.82) is 0 Å². The smallest absolute Gasteiger partial charge is 0.319 e. The molecule has 0 bridgehead atoms. The van der Waals surface area contributed by atoms with Crippen molar-refractivity contribution >= 4 is 23.3 Å². The number of aliphatic hydroxyl groups is 1. The second-order valence-electron chi connectivity index (χ2n) is 7.90. The molecule has 0 saturated carbocycles. The molecule has 2 aromatic carbocycles. The molecule has 4 rings (SSSR count). The molecular weight excluding hydrogens is 449 g/mol. The van der Waals surface area contributed by atoms with Crippen LogP contribution in [0.3, 0.4) is 0 Å². The van der Waals surface area contributed by atoms with Crippen LogP contribution in [0.15, 0.2) is 54.7 Å². The molecule has 174 valence electrons. The molecule has 0 spiro atoms. The number of carbonyl (C=O) groups excluding carboxylic acids is 1. The predicted molar refractivity (Wildman–Crippen MR) is 122 cm³/mol. The largest absolute Gasteiger partial charge is 0.394 e. The number of aliphatic hydroxyl groups excluding tert-OH is 1. The summed E-state index contributed by atoms with van der Waals surface area (Å²) < 4.78 is 21.6. The number of hydrogen-bond donors (Lipinski definition) is 3. The Morgan fingerprint density at radius 3 is 2.76 bits per heavy atom. The summed E-state index contributed by atoms with van der Waals surface area (Å²) in [5.74, 6) is -0.343. The van der Waals surface area contributed by atoms with Gasteiger partial charge >= 0.3 is 6.03 Å². The Kier molecular flexibility index (Phi) is 7.54. The van der Waals surface area contributed by atoms with E-state index in [-0.39, 0.29) is 30.6 Å². The zero-order valence-electron chi connectivity index (χ0n) is 17.8. The zero-order chi connectivity index (χ0) is 23.2. The van der Waals surface area contributed by atoms with Crippen molar-refractivity contribution in [3.8, 4) is 11.3 Å². The van der Waals surface area contributed by atoms with Crippen molar-refractivity contribution in [2.75, 3.05) is 11.9 Å². The molecule has 0 radical (unpaired) electrons. The fraction of sp³-hybridized carbons (Fsp3) is 0.348. The number of benzene rings is 2. The summed E-state index contributed by atoms with van der Waals surface area (Å²) in [6.07, 6.45) is 3.14. The van der Waals surface area contributed by atoms with Gasteiger partial charge in [-0.15, -0.1) is 5.10 Å². The van der Waals surface area contributed by atoms with Crippen molar-refractivity contribution in [3.05, 3.63) is 65.6 Å². The summed E-state index contributed by atoms with van der Waals surface area (Å²) in [6, 6.07) is 12.6. The molecule has 10 heteroatoms. The minimum Gasteiger partial charge on any atom is -0.394 e. The van der Waals surface area contributed by atoms with Crippen LogP contribution < -0.4 is 10.6 Å². The van der Waals surface area contributed by atoms with Crippen molar-refractivity contribution in [1.82, 2.24) is 20.3 Å². The summed E-state index contributed by atoms with van der Waals surface area (Å²) >= 11 is 5.86. The highest BCUT2D eigenvalue weighted by Gasteiger charge is 2.32. The van der Waals surface area contributed by atoms with Gasteiger partial charge < -0.3 is 20.5 Å². The lowest BCUT2D eigenvalue weighted by atomic mass is 9.97. The van der Waals surface area contributed by atoms with E-state index in [1.165, 1.54) is 6.07 Å². The average Bonchev–Trinajstić information content (AvgIpc) is 3.29. The van der Waals surface area contributed by atoms with Gasteiger partial charge in [-0.25, -0.2) is 9.18 Å². The van der Waals surface area contributed by atoms with Gasteiger partial charge in [-0.2, -0.15) is 0 Å². The maximum atomic E-state index is 13.9. The molecule has 0 unspecified atom stereocenters. The fourth-order valence-corrected chi connectivity index (χ4v) is 3.98. The number of ether oxygens (including phenoxy) is 1. The number of amides is 2. The molecule has 2 heterocycles. The highest BCUT2D eigenvalue weighted by Crippen LogP contribution is 2.24. The first-order valence-electron chi connectivity index (χ1n) is 10.8. The van der Waals surface area contributed by atoms with E-state index in [0.29, 0.717) is 41.4 Å². The van der Waals surface area contributed by atoms with Gasteiger partial charge in [0.1, 0.15) is 17.6 Å². The van der Waals surface area contributed by atoms with E-state index < -0.39 is 6.10 Å². The zero-order valence-corrected chi connectivity index (χ0v) is 18.6. The van der Waals surface area contributed by atoms with Crippen LogP contribution in [0, 0.1) is 5.82 Å². The molecule has 1 aromatic heterocycles. The summed E-state index contributed by atoms with van der Waals surface area (Å²) in [5, 5.41) is 24.1. The first kappa shape index (κ1) is 23.2. The summed E-state index contributed by atoms with van der Waals surface area (Å²) in [5.41, 5.74) is 1.50. The van der Waals surface area contributed by atoms with E-state index >= 15 is 0 Å². The third-order valence-corrected chi connectivity index (χ3v) is 5.83. The molecule has 1 aliphatic heterocycles. The number of nitrogens with one attached hydrogen (secondary N) is 2. The Morgan fingerprint density at radius 2 is 2.00 bits per heavy atom. The Morgan fingerprint density at radius 1 is 1.21 bits per heavy atom. The minimum atomic E-state index is -0.510. The maximum Gasteiger partial charge on any atom is 0.319 e. The van der Waals surface area contributed by atoms with E-state index in [9.17, 15) is 14.3 Å². The maximum absolute atomic E-state index is 13.9. The van der Waals surface area contributed by atoms with Crippen molar-refractivity contribution in [2.45, 2.75) is 44.1 Å². The van der Waals surface area contributed by atoms with E-state index in [1.807, 2.05) is 0 Å². The second-order valence-corrected chi connectivity index (χ2v) is 8.34. The summed E-state index contributed by atoms with van der Waals surface area (Å²) in [7, 11) is 0. The number of hydrogen-bond acceptors (Lipinski definition) is 5. The van der Waals surface area contributed by atoms with Gasteiger partial charge in [-0.05, 0) is 55.7 Å². The normalized spacial score (nSPS) is 20.4. The van der Waals surface area contributed by atoms with Gasteiger partial charge in [0.25, 0.3) is 0 Å². The topological polar surface area (TPSA) is 101 Å². The molecule has 1 fully saturated rings. The summed E-state index contributed by atoms with van der Waals surface area (Å²) in [4.78, 5) is 12.3. The van der Waals surface area contributed by atoms with Gasteiger partial charge in [-0.3, -0.25) is 4.68 Å². The molecular formula is C23H25ClFN5O3. The van der Waals surface area contributed by atoms with Crippen LogP contribution in [-0.4, -0.2) is 51.0 Å². The average molecular weight is 474 g/mol. The van der Waals surface area contributed by atoms with Crippen LogP contribution in [0.2, 0.25) is 5.02 Å². The number of aromatic nitrogens is 3. The van der Waals surface area contributed by atoms with Crippen LogP contribution in [0.1, 0.15) is 19.3 Å².